The molecule has 0 saturated carbocycles. The number of para-hydroxylation sites is 4. The first kappa shape index (κ1) is 24.3. The monoisotopic (exact) mass is 506 g/mol. The maximum Gasteiger partial charge on any atom is 0.270 e. The van der Waals surface area contributed by atoms with Gasteiger partial charge in [0, 0.05) is 0 Å². The molecule has 0 bridgehead atoms. The van der Waals surface area contributed by atoms with Crippen molar-refractivity contribution in [3.63, 3.8) is 0 Å². The zero-order chi connectivity index (χ0) is 24.8. The maximum atomic E-state index is 13.0. The molecule has 1 heterocycles. The van der Waals surface area contributed by atoms with E-state index in [2.05, 4.69) is 5.32 Å². The lowest BCUT2D eigenvalue weighted by molar-refractivity contribution is -0.118. The SMILES string of the molecule is COc1ccccc1NC(=O)COc1ccc(/C=C2\SC(=S)N(c3ccccc3OC)C2=O)cc1. The average Bonchev–Trinajstić information content (AvgIpc) is 3.16. The van der Waals surface area contributed by atoms with Crippen molar-refractivity contribution in [3.05, 3.63) is 83.3 Å². The van der Waals surface area contributed by atoms with Crippen LogP contribution in [0.5, 0.6) is 17.2 Å². The summed E-state index contributed by atoms with van der Waals surface area (Å²) in [5, 5.41) is 2.76. The summed E-state index contributed by atoms with van der Waals surface area (Å²) < 4.78 is 16.6. The number of ether oxygens (including phenoxy) is 3. The smallest absolute Gasteiger partial charge is 0.270 e. The van der Waals surface area contributed by atoms with E-state index in [4.69, 9.17) is 26.4 Å². The molecule has 9 heteroatoms. The fourth-order valence-corrected chi connectivity index (χ4v) is 4.67. The molecule has 1 N–H and O–H groups in total. The number of nitrogens with one attached hydrogen (secondary N) is 1. The normalized spacial score (nSPS) is 14.2. The predicted octanol–water partition coefficient (Wildman–Crippen LogP) is 5.13. The maximum absolute atomic E-state index is 13.0. The lowest BCUT2D eigenvalue weighted by Crippen LogP contribution is -2.27. The Labute approximate surface area is 212 Å². The molecule has 0 unspecified atom stereocenters. The van der Waals surface area contributed by atoms with Crippen LogP contribution in [0.2, 0.25) is 0 Å². The topological polar surface area (TPSA) is 77.1 Å². The summed E-state index contributed by atoms with van der Waals surface area (Å²) in [6.45, 7) is -0.158. The second-order valence-corrected chi connectivity index (χ2v) is 8.97. The third-order valence-electron chi connectivity index (χ3n) is 5.05. The standard InChI is InChI=1S/C26H22N2O5S2/c1-31-21-9-5-3-7-19(21)27-24(29)16-33-18-13-11-17(12-14-18)15-23-25(30)28(26(34)35-23)20-8-4-6-10-22(20)32-2/h3-15H,16H2,1-2H3,(H,27,29)/b23-15-. The molecule has 0 aromatic heterocycles. The molecular formula is C26H22N2O5S2. The summed E-state index contributed by atoms with van der Waals surface area (Å²) in [4.78, 5) is 27.3. The molecule has 1 fully saturated rings. The van der Waals surface area contributed by atoms with E-state index in [0.717, 1.165) is 5.56 Å². The number of carbonyl (C=O) groups is 2. The molecule has 3 aromatic carbocycles. The lowest BCUT2D eigenvalue weighted by Gasteiger charge is -2.17. The highest BCUT2D eigenvalue weighted by atomic mass is 32.2. The van der Waals surface area contributed by atoms with E-state index in [0.29, 0.717) is 37.8 Å². The molecule has 1 aliphatic rings. The van der Waals surface area contributed by atoms with E-state index in [1.54, 1.807) is 56.7 Å². The van der Waals surface area contributed by atoms with Crippen LogP contribution < -0.4 is 24.4 Å². The van der Waals surface area contributed by atoms with Gasteiger partial charge in [-0.05, 0) is 48.0 Å². The molecule has 0 atom stereocenters. The third kappa shape index (κ3) is 5.64. The highest BCUT2D eigenvalue weighted by Gasteiger charge is 2.34. The number of methoxy groups -OCH3 is 2. The lowest BCUT2D eigenvalue weighted by atomic mass is 10.2. The van der Waals surface area contributed by atoms with Crippen LogP contribution in [0.15, 0.2) is 77.7 Å². The van der Waals surface area contributed by atoms with Crippen LogP contribution in [0, 0.1) is 0 Å². The van der Waals surface area contributed by atoms with Crippen molar-refractivity contribution in [2.24, 2.45) is 0 Å². The Morgan fingerprint density at radius 2 is 1.63 bits per heavy atom. The van der Waals surface area contributed by atoms with Crippen molar-refractivity contribution < 1.29 is 23.8 Å². The quantitative estimate of drug-likeness (QED) is 0.335. The van der Waals surface area contributed by atoms with E-state index < -0.39 is 0 Å². The van der Waals surface area contributed by atoms with Crippen LogP contribution >= 0.6 is 24.0 Å². The minimum Gasteiger partial charge on any atom is -0.495 e. The molecule has 1 aliphatic heterocycles. The molecule has 0 spiro atoms. The van der Waals surface area contributed by atoms with Crippen molar-refractivity contribution in [2.75, 3.05) is 31.0 Å². The number of anilines is 2. The summed E-state index contributed by atoms with van der Waals surface area (Å²) in [5.74, 6) is 1.15. The minimum atomic E-state index is -0.307. The summed E-state index contributed by atoms with van der Waals surface area (Å²) in [6, 6.07) is 21.5. The third-order valence-corrected chi connectivity index (χ3v) is 6.35. The van der Waals surface area contributed by atoms with Crippen LogP contribution in [0.25, 0.3) is 6.08 Å². The zero-order valence-corrected chi connectivity index (χ0v) is 20.7. The van der Waals surface area contributed by atoms with Gasteiger partial charge in [0.15, 0.2) is 10.9 Å². The van der Waals surface area contributed by atoms with Crippen LogP contribution in [-0.2, 0) is 9.59 Å². The summed E-state index contributed by atoms with van der Waals surface area (Å²) >= 11 is 6.68. The molecule has 4 rings (SSSR count). The van der Waals surface area contributed by atoms with Gasteiger partial charge in [-0.25, -0.2) is 0 Å². The Morgan fingerprint density at radius 3 is 2.34 bits per heavy atom. The molecule has 0 aliphatic carbocycles. The second-order valence-electron chi connectivity index (χ2n) is 7.30. The number of thioether (sulfide) groups is 1. The summed E-state index contributed by atoms with van der Waals surface area (Å²) in [6.07, 6.45) is 1.77. The van der Waals surface area contributed by atoms with Crippen molar-refractivity contribution in [2.45, 2.75) is 0 Å². The molecule has 35 heavy (non-hydrogen) atoms. The molecule has 178 valence electrons. The number of hydrogen-bond donors (Lipinski definition) is 1. The fraction of sp³-hybridized carbons (Fsp3) is 0.115. The van der Waals surface area contributed by atoms with Gasteiger partial charge in [0.05, 0.1) is 30.5 Å². The molecule has 2 amide bonds. The summed E-state index contributed by atoms with van der Waals surface area (Å²) in [5.41, 5.74) is 1.98. The Kier molecular flexibility index (Phi) is 7.69. The van der Waals surface area contributed by atoms with Crippen LogP contribution in [0.3, 0.4) is 0 Å². The second kappa shape index (κ2) is 11.1. The van der Waals surface area contributed by atoms with E-state index in [9.17, 15) is 9.59 Å². The number of thiocarbonyl (C=S) groups is 1. The number of amides is 2. The Balaban J connectivity index is 1.39. The van der Waals surface area contributed by atoms with Gasteiger partial charge < -0.3 is 19.5 Å². The fourth-order valence-electron chi connectivity index (χ4n) is 3.38. The summed E-state index contributed by atoms with van der Waals surface area (Å²) in [7, 11) is 3.09. The van der Waals surface area contributed by atoms with Gasteiger partial charge in [-0.3, -0.25) is 14.5 Å². The predicted molar refractivity (Wildman–Crippen MR) is 142 cm³/mol. The van der Waals surface area contributed by atoms with E-state index >= 15 is 0 Å². The minimum absolute atomic E-state index is 0.158. The van der Waals surface area contributed by atoms with Gasteiger partial charge in [0.1, 0.15) is 17.2 Å². The number of benzene rings is 3. The average molecular weight is 507 g/mol. The van der Waals surface area contributed by atoms with Crippen molar-refractivity contribution in [1.82, 2.24) is 0 Å². The van der Waals surface area contributed by atoms with Gasteiger partial charge >= 0.3 is 0 Å². The molecular weight excluding hydrogens is 484 g/mol. The van der Waals surface area contributed by atoms with Crippen molar-refractivity contribution >= 4 is 57.6 Å². The van der Waals surface area contributed by atoms with Crippen molar-refractivity contribution in [3.8, 4) is 17.2 Å². The van der Waals surface area contributed by atoms with Crippen LogP contribution in [0.4, 0.5) is 11.4 Å². The van der Waals surface area contributed by atoms with Crippen LogP contribution in [0.1, 0.15) is 5.56 Å². The molecule has 1 saturated heterocycles. The van der Waals surface area contributed by atoms with E-state index in [1.165, 1.54) is 16.7 Å². The first-order valence-corrected chi connectivity index (χ1v) is 11.8. The molecule has 7 nitrogen and oxygen atoms in total. The number of hydrogen-bond acceptors (Lipinski definition) is 7. The Morgan fingerprint density at radius 1 is 0.971 bits per heavy atom. The van der Waals surface area contributed by atoms with Crippen LogP contribution in [-0.4, -0.2) is 37.0 Å². The molecule has 3 aromatic rings. The largest absolute Gasteiger partial charge is 0.495 e. The van der Waals surface area contributed by atoms with Gasteiger partial charge in [-0.1, -0.05) is 60.4 Å². The molecule has 0 radical (unpaired) electrons. The zero-order valence-electron chi connectivity index (χ0n) is 19.0. The Hall–Kier alpha value is -3.82. The highest BCUT2D eigenvalue weighted by molar-refractivity contribution is 8.27. The van der Waals surface area contributed by atoms with Gasteiger partial charge in [0.2, 0.25) is 0 Å². The van der Waals surface area contributed by atoms with E-state index in [1.807, 2.05) is 36.4 Å². The Bertz CT molecular complexity index is 1290. The van der Waals surface area contributed by atoms with E-state index in [-0.39, 0.29) is 18.4 Å². The first-order chi connectivity index (χ1) is 17.0. The van der Waals surface area contributed by atoms with Gasteiger partial charge in [-0.15, -0.1) is 0 Å². The number of rotatable bonds is 8. The first-order valence-electron chi connectivity index (χ1n) is 10.6. The highest BCUT2D eigenvalue weighted by Crippen LogP contribution is 2.39. The van der Waals surface area contributed by atoms with Crippen molar-refractivity contribution in [1.29, 1.82) is 0 Å². The van der Waals surface area contributed by atoms with Gasteiger partial charge in [-0.2, -0.15) is 0 Å². The number of carbonyl (C=O) groups excluding carboxylic acids is 2. The number of nitrogens with zero attached hydrogens (tertiary/aromatic N) is 1. The van der Waals surface area contributed by atoms with Gasteiger partial charge in [0.25, 0.3) is 11.8 Å².